The Morgan fingerprint density at radius 2 is 2.27 bits per heavy atom. The number of thioether (sulfide) groups is 1. The monoisotopic (exact) mass is 176 g/mol. The van der Waals surface area contributed by atoms with E-state index in [9.17, 15) is 9.59 Å². The summed E-state index contributed by atoms with van der Waals surface area (Å²) in [7, 11) is 0. The van der Waals surface area contributed by atoms with Crippen LogP contribution in [0.3, 0.4) is 0 Å². The quantitative estimate of drug-likeness (QED) is 0.510. The van der Waals surface area contributed by atoms with Crippen LogP contribution < -0.4 is 5.32 Å². The van der Waals surface area contributed by atoms with E-state index < -0.39 is 5.91 Å². The van der Waals surface area contributed by atoms with Crippen LogP contribution in [0, 0.1) is 6.92 Å². The lowest BCUT2D eigenvalue weighted by Gasteiger charge is -2.02. The van der Waals surface area contributed by atoms with Crippen molar-refractivity contribution in [2.24, 2.45) is 0 Å². The summed E-state index contributed by atoms with van der Waals surface area (Å²) in [5.74, 6) is 0.205. The fourth-order valence-electron chi connectivity index (χ4n) is 0.335. The molecule has 5 heteroatoms. The summed E-state index contributed by atoms with van der Waals surface area (Å²) in [6, 6.07) is 0. The first-order valence-corrected chi connectivity index (χ1v) is 4.04. The number of carbonyl (C=O) groups excluding carboxylic acids is 2. The minimum absolute atomic E-state index is 0.103. The Labute approximate surface area is 69.7 Å². The van der Waals surface area contributed by atoms with E-state index in [1.807, 2.05) is 6.92 Å². The zero-order chi connectivity index (χ0) is 8.69. The summed E-state index contributed by atoms with van der Waals surface area (Å²) >= 11 is 1.05. The summed E-state index contributed by atoms with van der Waals surface area (Å²) in [5.41, 5.74) is 0. The van der Waals surface area contributed by atoms with Gasteiger partial charge in [0.1, 0.15) is 0 Å². The van der Waals surface area contributed by atoms with Crippen molar-refractivity contribution in [3.63, 3.8) is 0 Å². The highest BCUT2D eigenvalue weighted by Crippen LogP contribution is 2.02. The number of rotatable bonds is 3. The van der Waals surface area contributed by atoms with E-state index in [1.165, 1.54) is 0 Å². The molecule has 0 fully saturated rings. The molecule has 0 heterocycles. The number of nitrogens with one attached hydrogen (secondary N) is 1. The van der Waals surface area contributed by atoms with Crippen LogP contribution in [-0.4, -0.2) is 23.7 Å². The average Bonchev–Trinajstić information content (AvgIpc) is 1.87. The van der Waals surface area contributed by atoms with Gasteiger partial charge in [0.2, 0.25) is 5.91 Å². The van der Waals surface area contributed by atoms with Crippen molar-refractivity contribution in [2.75, 3.05) is 12.5 Å². The molecule has 0 aromatic heterocycles. The van der Waals surface area contributed by atoms with Crippen LogP contribution in [0.2, 0.25) is 0 Å². The highest BCUT2D eigenvalue weighted by molar-refractivity contribution is 8.13. The molecule has 0 saturated carbocycles. The van der Waals surface area contributed by atoms with Crippen LogP contribution in [0.25, 0.3) is 0 Å². The predicted molar refractivity (Wildman–Crippen MR) is 43.0 cm³/mol. The molecule has 0 aromatic rings. The number of hydrogen-bond acceptors (Lipinski definition) is 4. The first-order chi connectivity index (χ1) is 5.16. The van der Waals surface area contributed by atoms with Crippen molar-refractivity contribution in [3.05, 3.63) is 6.92 Å². The van der Waals surface area contributed by atoms with Gasteiger partial charge < -0.3 is 10.1 Å². The molecular formula is C6H10NO3S. The van der Waals surface area contributed by atoms with Gasteiger partial charge in [0.05, 0.1) is 0 Å². The second kappa shape index (κ2) is 6.03. The molecule has 0 rings (SSSR count). The standard InChI is InChI=1S/C6H10NO3S/c1-3-11-6(9)10-4-7-5(2)8/h2-4H2,1H3,(H,7,8). The molecule has 0 saturated heterocycles. The SMILES string of the molecule is [CH2]C(=O)NCOC(=O)SCC. The summed E-state index contributed by atoms with van der Waals surface area (Å²) < 4.78 is 4.55. The van der Waals surface area contributed by atoms with E-state index >= 15 is 0 Å². The number of ether oxygens (including phenoxy) is 1. The van der Waals surface area contributed by atoms with Gasteiger partial charge in [-0.25, -0.2) is 4.79 Å². The second-order valence-corrected chi connectivity index (χ2v) is 2.77. The Kier molecular flexibility index (Phi) is 5.64. The van der Waals surface area contributed by atoms with Gasteiger partial charge in [-0.3, -0.25) is 4.79 Å². The van der Waals surface area contributed by atoms with Gasteiger partial charge in [0.15, 0.2) is 6.73 Å². The maximum atomic E-state index is 10.6. The van der Waals surface area contributed by atoms with Crippen molar-refractivity contribution >= 4 is 23.0 Å². The van der Waals surface area contributed by atoms with E-state index in [2.05, 4.69) is 17.0 Å². The van der Waals surface area contributed by atoms with Crippen molar-refractivity contribution in [1.29, 1.82) is 0 Å². The third-order valence-electron chi connectivity index (χ3n) is 0.722. The van der Waals surface area contributed by atoms with Gasteiger partial charge in [-0.2, -0.15) is 0 Å². The lowest BCUT2D eigenvalue weighted by Crippen LogP contribution is -2.24. The minimum Gasteiger partial charge on any atom is -0.436 e. The average molecular weight is 176 g/mol. The molecule has 11 heavy (non-hydrogen) atoms. The number of carbonyl (C=O) groups is 2. The first-order valence-electron chi connectivity index (χ1n) is 3.06. The van der Waals surface area contributed by atoms with Crippen LogP contribution in [-0.2, 0) is 9.53 Å². The molecule has 0 unspecified atom stereocenters. The molecule has 0 aliphatic rings. The normalized spacial score (nSPS) is 8.91. The summed E-state index contributed by atoms with van der Waals surface area (Å²) in [6.07, 6.45) is 0. The van der Waals surface area contributed by atoms with Gasteiger partial charge in [-0.1, -0.05) is 6.92 Å². The second-order valence-electron chi connectivity index (χ2n) is 1.57. The molecule has 0 aromatic carbocycles. The van der Waals surface area contributed by atoms with Gasteiger partial charge in [0.25, 0.3) is 0 Å². The first kappa shape index (κ1) is 10.3. The van der Waals surface area contributed by atoms with E-state index in [-0.39, 0.29) is 12.0 Å². The van der Waals surface area contributed by atoms with Gasteiger partial charge in [-0.05, 0) is 11.8 Å². The van der Waals surface area contributed by atoms with E-state index in [1.54, 1.807) is 0 Å². The van der Waals surface area contributed by atoms with E-state index in [0.29, 0.717) is 5.75 Å². The lowest BCUT2D eigenvalue weighted by atomic mass is 10.7. The lowest BCUT2D eigenvalue weighted by molar-refractivity contribution is -0.117. The Hall–Kier alpha value is -0.710. The van der Waals surface area contributed by atoms with E-state index in [0.717, 1.165) is 11.8 Å². The predicted octanol–water partition coefficient (Wildman–Crippen LogP) is 0.784. The fraction of sp³-hybridized carbons (Fsp3) is 0.500. The topological polar surface area (TPSA) is 55.4 Å². The third-order valence-corrected chi connectivity index (χ3v) is 1.36. The van der Waals surface area contributed by atoms with Crippen LogP contribution in [0.15, 0.2) is 0 Å². The maximum absolute atomic E-state index is 10.6. The maximum Gasteiger partial charge on any atom is 0.369 e. The van der Waals surface area contributed by atoms with E-state index in [4.69, 9.17) is 0 Å². The fourth-order valence-corrected chi connectivity index (χ4v) is 0.713. The van der Waals surface area contributed by atoms with Crippen molar-refractivity contribution in [2.45, 2.75) is 6.92 Å². The van der Waals surface area contributed by atoms with Gasteiger partial charge >= 0.3 is 5.30 Å². The summed E-state index contributed by atoms with van der Waals surface area (Å²) in [5, 5.41) is 1.84. The van der Waals surface area contributed by atoms with Crippen molar-refractivity contribution < 1.29 is 14.3 Å². The summed E-state index contributed by atoms with van der Waals surface area (Å²) in [6.45, 7) is 4.77. The molecule has 63 valence electrons. The number of hydrogen-bond donors (Lipinski definition) is 1. The highest BCUT2D eigenvalue weighted by atomic mass is 32.2. The molecule has 0 aliphatic heterocycles. The Bertz CT molecular complexity index is 149. The Balaban J connectivity index is 3.24. The van der Waals surface area contributed by atoms with Crippen molar-refractivity contribution in [1.82, 2.24) is 5.32 Å². The van der Waals surface area contributed by atoms with Gasteiger partial charge in [-0.15, -0.1) is 0 Å². The molecule has 0 aliphatic carbocycles. The molecule has 1 radical (unpaired) electrons. The molecular weight excluding hydrogens is 166 g/mol. The van der Waals surface area contributed by atoms with Crippen LogP contribution in [0.4, 0.5) is 4.79 Å². The molecule has 0 bridgehead atoms. The largest absolute Gasteiger partial charge is 0.436 e. The van der Waals surface area contributed by atoms with Crippen LogP contribution >= 0.6 is 11.8 Å². The zero-order valence-electron chi connectivity index (χ0n) is 6.25. The Morgan fingerprint density at radius 1 is 1.64 bits per heavy atom. The molecule has 0 atom stereocenters. The Morgan fingerprint density at radius 3 is 2.73 bits per heavy atom. The molecule has 4 nitrogen and oxygen atoms in total. The molecule has 1 N–H and O–H groups in total. The number of amides is 1. The molecule has 1 amide bonds. The summed E-state index contributed by atoms with van der Waals surface area (Å²) in [4.78, 5) is 20.8. The smallest absolute Gasteiger partial charge is 0.369 e. The van der Waals surface area contributed by atoms with Crippen LogP contribution in [0.5, 0.6) is 0 Å². The highest BCUT2D eigenvalue weighted by Gasteiger charge is 2.00. The van der Waals surface area contributed by atoms with Crippen molar-refractivity contribution in [3.8, 4) is 0 Å². The van der Waals surface area contributed by atoms with Gasteiger partial charge in [0, 0.05) is 12.7 Å². The van der Waals surface area contributed by atoms with Crippen LogP contribution in [0.1, 0.15) is 6.92 Å². The minimum atomic E-state index is -0.459. The molecule has 0 spiro atoms. The third kappa shape index (κ3) is 7.18. The zero-order valence-corrected chi connectivity index (χ0v) is 7.07.